The number of aromatic nitrogens is 2. The van der Waals surface area contributed by atoms with E-state index in [-0.39, 0.29) is 51.1 Å². The second-order valence-electron chi connectivity index (χ2n) is 8.83. The van der Waals surface area contributed by atoms with Crippen LogP contribution in [0.5, 0.6) is 0 Å². The third-order valence-corrected chi connectivity index (χ3v) is 6.16. The van der Waals surface area contributed by atoms with Gasteiger partial charge in [-0.1, -0.05) is 0 Å². The number of hydrogen-bond donors (Lipinski definition) is 4. The number of ether oxygens (including phenoxy) is 1. The number of piperazine rings is 1. The topological polar surface area (TPSA) is 132 Å². The third-order valence-electron chi connectivity index (χ3n) is 6.16. The summed E-state index contributed by atoms with van der Waals surface area (Å²) in [5, 5.41) is 12.0. The van der Waals surface area contributed by atoms with E-state index >= 15 is 0 Å². The summed E-state index contributed by atoms with van der Waals surface area (Å²) in [5.41, 5.74) is 3.42. The van der Waals surface area contributed by atoms with Gasteiger partial charge < -0.3 is 25.0 Å². The minimum atomic E-state index is -4.76. The van der Waals surface area contributed by atoms with Crippen molar-refractivity contribution in [2.75, 3.05) is 57.4 Å². The highest BCUT2D eigenvalue weighted by Gasteiger charge is 2.51. The fourth-order valence-electron chi connectivity index (χ4n) is 4.16. The number of aliphatic hydroxyl groups is 1. The van der Waals surface area contributed by atoms with Crippen LogP contribution in [0.15, 0.2) is 12.4 Å². The molecule has 38 heavy (non-hydrogen) atoms. The van der Waals surface area contributed by atoms with Crippen molar-refractivity contribution in [1.29, 1.82) is 0 Å². The highest BCUT2D eigenvalue weighted by Crippen LogP contribution is 2.30. The minimum Gasteiger partial charge on any atom is -0.396 e. The molecule has 0 saturated carbocycles. The lowest BCUT2D eigenvalue weighted by Crippen LogP contribution is -2.65. The Bertz CT molecular complexity index is 926. The number of nitrogens with zero attached hydrogens (tertiary/aromatic N) is 4. The molecule has 214 valence electrons. The van der Waals surface area contributed by atoms with E-state index in [0.717, 1.165) is 0 Å². The quantitative estimate of drug-likeness (QED) is 0.233. The average Bonchev–Trinajstić information content (AvgIpc) is 2.85. The van der Waals surface area contributed by atoms with Gasteiger partial charge in [0.05, 0.1) is 25.2 Å². The van der Waals surface area contributed by atoms with Crippen LogP contribution in [-0.4, -0.2) is 103 Å². The molecule has 11 nitrogen and oxygen atoms in total. The molecule has 0 aliphatic carbocycles. The molecule has 2 fully saturated rings. The van der Waals surface area contributed by atoms with E-state index in [4.69, 9.17) is 4.74 Å². The lowest BCUT2D eigenvalue weighted by Gasteiger charge is -2.36. The van der Waals surface area contributed by atoms with Crippen molar-refractivity contribution in [1.82, 2.24) is 31.0 Å². The first-order chi connectivity index (χ1) is 17.9. The number of hydrogen-bond acceptors (Lipinski definition) is 9. The van der Waals surface area contributed by atoms with Crippen LogP contribution in [0.25, 0.3) is 0 Å². The number of carbonyl (C=O) groups is 2. The summed E-state index contributed by atoms with van der Waals surface area (Å²) in [4.78, 5) is 35.0. The Balaban J connectivity index is 1.41. The molecule has 0 spiro atoms. The van der Waals surface area contributed by atoms with Crippen molar-refractivity contribution in [2.45, 2.75) is 37.3 Å². The van der Waals surface area contributed by atoms with Gasteiger partial charge in [0, 0.05) is 63.8 Å². The molecule has 2 unspecified atom stereocenters. The molecule has 2 saturated heterocycles. The molecule has 0 radical (unpaired) electrons. The molecule has 3 heterocycles. The van der Waals surface area contributed by atoms with Crippen LogP contribution >= 0.6 is 0 Å². The van der Waals surface area contributed by atoms with Crippen LogP contribution in [-0.2, 0) is 20.5 Å². The SMILES string of the molecule is O=C1NNCC(N[C@@H](CCO)COCCC(=O)N2CCN(c3ncc(C(F)(F)F)cn3)CC2)C1C(F)(F)F. The Morgan fingerprint density at radius 3 is 2.39 bits per heavy atom. The maximum absolute atomic E-state index is 13.3. The predicted molar refractivity (Wildman–Crippen MR) is 119 cm³/mol. The molecule has 2 aliphatic rings. The lowest BCUT2D eigenvalue weighted by atomic mass is 9.95. The summed E-state index contributed by atoms with van der Waals surface area (Å²) in [6, 6.07) is -1.96. The van der Waals surface area contributed by atoms with Gasteiger partial charge in [0.2, 0.25) is 17.8 Å². The fraction of sp³-hybridized carbons (Fsp3) is 0.714. The second kappa shape index (κ2) is 12.9. The first-order valence-corrected chi connectivity index (χ1v) is 11.9. The van der Waals surface area contributed by atoms with Crippen molar-refractivity contribution in [3.8, 4) is 0 Å². The normalized spacial score (nSPS) is 21.8. The van der Waals surface area contributed by atoms with Crippen molar-refractivity contribution in [2.24, 2.45) is 5.92 Å². The van der Waals surface area contributed by atoms with Gasteiger partial charge in [-0.15, -0.1) is 0 Å². The van der Waals surface area contributed by atoms with E-state index in [1.165, 1.54) is 0 Å². The molecule has 1 aromatic heterocycles. The number of halogens is 6. The van der Waals surface area contributed by atoms with E-state index in [1.807, 2.05) is 5.43 Å². The third kappa shape index (κ3) is 8.12. The summed E-state index contributed by atoms with van der Waals surface area (Å²) in [5.74, 6) is -3.57. The van der Waals surface area contributed by atoms with E-state index in [0.29, 0.717) is 38.6 Å². The van der Waals surface area contributed by atoms with Crippen molar-refractivity contribution >= 4 is 17.8 Å². The van der Waals surface area contributed by atoms with Crippen LogP contribution in [0.2, 0.25) is 0 Å². The molecule has 2 aliphatic heterocycles. The standard InChI is InChI=1S/C21H29F6N7O4/c22-20(23,24)13-9-28-19(29-10-13)34-5-3-33(4-6-34)16(36)2-8-38-12-14(1-7-35)31-15-11-30-32-18(37)17(15)21(25,26)27/h9-10,14-15,17,30-31,35H,1-8,11-12H2,(H,32,37)/t14-,15?,17?/m0/s1. The van der Waals surface area contributed by atoms with Gasteiger partial charge in [-0.25, -0.2) is 15.4 Å². The number of nitrogens with one attached hydrogen (secondary N) is 3. The predicted octanol–water partition coefficient (Wildman–Crippen LogP) is 0.0728. The second-order valence-corrected chi connectivity index (χ2v) is 8.83. The molecule has 17 heteroatoms. The van der Waals surface area contributed by atoms with E-state index in [9.17, 15) is 41.0 Å². The summed E-state index contributed by atoms with van der Waals surface area (Å²) >= 11 is 0. The van der Waals surface area contributed by atoms with E-state index in [2.05, 4.69) is 20.7 Å². The van der Waals surface area contributed by atoms with Crippen LogP contribution in [0.3, 0.4) is 0 Å². The van der Waals surface area contributed by atoms with Crippen LogP contribution in [0, 0.1) is 5.92 Å². The number of hydrazine groups is 1. The molecule has 0 aromatic carbocycles. The van der Waals surface area contributed by atoms with Gasteiger partial charge in [0.15, 0.2) is 5.92 Å². The van der Waals surface area contributed by atoms with Gasteiger partial charge in [-0.05, 0) is 6.42 Å². The fourth-order valence-corrected chi connectivity index (χ4v) is 4.16. The Hall–Kier alpha value is -2.76. The summed E-state index contributed by atoms with van der Waals surface area (Å²) in [6.45, 7) is 0.636. The highest BCUT2D eigenvalue weighted by atomic mass is 19.4. The first kappa shape index (κ1) is 29.8. The smallest absolute Gasteiger partial charge is 0.396 e. The zero-order valence-corrected chi connectivity index (χ0v) is 20.2. The molecular formula is C21H29F6N7O4. The summed E-state index contributed by atoms with van der Waals surface area (Å²) in [7, 11) is 0. The largest absolute Gasteiger partial charge is 0.419 e. The zero-order chi connectivity index (χ0) is 27.9. The molecule has 1 aromatic rings. The Labute approximate surface area is 213 Å². The molecular weight excluding hydrogens is 528 g/mol. The number of amides is 2. The molecule has 3 atom stereocenters. The van der Waals surface area contributed by atoms with E-state index < -0.39 is 41.8 Å². The molecule has 2 amide bonds. The first-order valence-electron chi connectivity index (χ1n) is 11.9. The molecule has 3 rings (SSSR count). The van der Waals surface area contributed by atoms with Gasteiger partial charge in [-0.3, -0.25) is 15.0 Å². The van der Waals surface area contributed by atoms with Crippen LogP contribution in [0.1, 0.15) is 18.4 Å². The molecule has 4 N–H and O–H groups in total. The highest BCUT2D eigenvalue weighted by molar-refractivity contribution is 5.80. The van der Waals surface area contributed by atoms with Gasteiger partial charge in [0.25, 0.3) is 0 Å². The summed E-state index contributed by atoms with van der Waals surface area (Å²) in [6.07, 6.45) is -7.80. The Morgan fingerprint density at radius 1 is 1.16 bits per heavy atom. The van der Waals surface area contributed by atoms with Crippen molar-refractivity contribution in [3.05, 3.63) is 18.0 Å². The number of rotatable bonds is 10. The molecule has 0 bridgehead atoms. The average molecular weight is 557 g/mol. The van der Waals surface area contributed by atoms with Gasteiger partial charge in [-0.2, -0.15) is 26.3 Å². The van der Waals surface area contributed by atoms with Crippen LogP contribution in [0.4, 0.5) is 32.3 Å². The number of alkyl halides is 6. The Morgan fingerprint density at radius 2 is 1.82 bits per heavy atom. The zero-order valence-electron chi connectivity index (χ0n) is 20.2. The van der Waals surface area contributed by atoms with Crippen LogP contribution < -0.4 is 21.1 Å². The number of aliphatic hydroxyl groups excluding tert-OH is 1. The monoisotopic (exact) mass is 557 g/mol. The number of carbonyl (C=O) groups excluding carboxylic acids is 2. The van der Waals surface area contributed by atoms with Crippen molar-refractivity contribution in [3.63, 3.8) is 0 Å². The maximum Gasteiger partial charge on any atom is 0.419 e. The van der Waals surface area contributed by atoms with E-state index in [1.54, 1.807) is 9.80 Å². The maximum atomic E-state index is 13.3. The minimum absolute atomic E-state index is 0.00118. The van der Waals surface area contributed by atoms with Gasteiger partial charge in [0.1, 0.15) is 0 Å². The van der Waals surface area contributed by atoms with Crippen molar-refractivity contribution < 1.29 is 45.8 Å². The Kier molecular flexibility index (Phi) is 10.1. The summed E-state index contributed by atoms with van der Waals surface area (Å²) < 4.78 is 83.5. The van der Waals surface area contributed by atoms with Gasteiger partial charge >= 0.3 is 12.4 Å². The lowest BCUT2D eigenvalue weighted by molar-refractivity contribution is -0.193. The number of anilines is 1.